The second-order valence-electron chi connectivity index (χ2n) is 4.62. The molecular formula is C15H19ClN2O3. The zero-order chi connectivity index (χ0) is 15.1. The monoisotopic (exact) mass is 310 g/mol. The van der Waals surface area contributed by atoms with Crippen molar-refractivity contribution in [2.24, 2.45) is 0 Å². The Morgan fingerprint density at radius 2 is 2.24 bits per heavy atom. The van der Waals surface area contributed by atoms with Crippen LogP contribution in [0.4, 0.5) is 0 Å². The zero-order valence-electron chi connectivity index (χ0n) is 12.2. The van der Waals surface area contributed by atoms with E-state index >= 15 is 0 Å². The van der Waals surface area contributed by atoms with E-state index in [1.807, 2.05) is 31.2 Å². The molecule has 0 aliphatic carbocycles. The van der Waals surface area contributed by atoms with Crippen LogP contribution in [0.5, 0.6) is 5.75 Å². The molecule has 0 saturated carbocycles. The van der Waals surface area contributed by atoms with Crippen LogP contribution in [0.25, 0.3) is 0 Å². The Hall–Kier alpha value is -1.56. The van der Waals surface area contributed by atoms with Gasteiger partial charge in [-0.3, -0.25) is 0 Å². The first-order valence-electron chi connectivity index (χ1n) is 6.72. The van der Waals surface area contributed by atoms with Crippen LogP contribution < -0.4 is 10.1 Å². The Bertz CT molecular complexity index is 572. The molecule has 0 radical (unpaired) electrons. The first kappa shape index (κ1) is 15.8. The minimum absolute atomic E-state index is 0.326. The summed E-state index contributed by atoms with van der Waals surface area (Å²) in [6.07, 6.45) is 0. The number of nitrogens with one attached hydrogen (secondary N) is 1. The number of aromatic nitrogens is 1. The molecule has 1 N–H and O–H groups in total. The van der Waals surface area contributed by atoms with Gasteiger partial charge >= 0.3 is 0 Å². The Labute approximate surface area is 129 Å². The molecule has 0 fully saturated rings. The average Bonchev–Trinajstić information content (AvgIpc) is 2.88. The third-order valence-corrected chi connectivity index (χ3v) is 3.19. The van der Waals surface area contributed by atoms with Crippen molar-refractivity contribution in [2.45, 2.75) is 20.1 Å². The van der Waals surface area contributed by atoms with E-state index in [2.05, 4.69) is 10.5 Å². The molecule has 1 heterocycles. The maximum absolute atomic E-state index is 6.22. The minimum Gasteiger partial charge on any atom is -0.485 e. The molecule has 6 heteroatoms. The first-order chi connectivity index (χ1) is 10.2. The molecule has 0 saturated heterocycles. The van der Waals surface area contributed by atoms with Gasteiger partial charge in [-0.2, -0.15) is 0 Å². The van der Waals surface area contributed by atoms with Crippen LogP contribution in [0, 0.1) is 6.92 Å². The van der Waals surface area contributed by atoms with Gasteiger partial charge in [-0.05, 0) is 13.0 Å². The summed E-state index contributed by atoms with van der Waals surface area (Å²) in [5.41, 5.74) is 1.74. The van der Waals surface area contributed by atoms with Gasteiger partial charge in [0, 0.05) is 31.8 Å². The lowest BCUT2D eigenvalue weighted by molar-refractivity contribution is 0.199. The van der Waals surface area contributed by atoms with E-state index in [-0.39, 0.29) is 0 Å². The van der Waals surface area contributed by atoms with Gasteiger partial charge in [-0.25, -0.2) is 0 Å². The summed E-state index contributed by atoms with van der Waals surface area (Å²) in [4.78, 5) is 0. The number of halogens is 1. The zero-order valence-corrected chi connectivity index (χ0v) is 12.9. The van der Waals surface area contributed by atoms with Gasteiger partial charge in [0.2, 0.25) is 0 Å². The van der Waals surface area contributed by atoms with Crippen molar-refractivity contribution in [3.63, 3.8) is 0 Å². The quantitative estimate of drug-likeness (QED) is 0.760. The van der Waals surface area contributed by atoms with Crippen LogP contribution in [0.2, 0.25) is 5.02 Å². The fourth-order valence-corrected chi connectivity index (χ4v) is 2.13. The first-order valence-corrected chi connectivity index (χ1v) is 7.10. The maximum Gasteiger partial charge on any atom is 0.142 e. The predicted octanol–water partition coefficient (Wildman–Crippen LogP) is 2.95. The topological polar surface area (TPSA) is 56.5 Å². The third-order valence-electron chi connectivity index (χ3n) is 2.89. The highest BCUT2D eigenvalue weighted by atomic mass is 35.5. The van der Waals surface area contributed by atoms with E-state index in [0.717, 1.165) is 23.6 Å². The fourth-order valence-electron chi connectivity index (χ4n) is 1.88. The molecule has 0 spiro atoms. The number of nitrogens with zero attached hydrogens (tertiary/aromatic N) is 1. The minimum atomic E-state index is 0.326. The van der Waals surface area contributed by atoms with Gasteiger partial charge in [0.05, 0.1) is 11.6 Å². The fraction of sp³-hybridized carbons (Fsp3) is 0.400. The molecule has 0 aliphatic rings. The maximum atomic E-state index is 6.22. The highest BCUT2D eigenvalue weighted by Crippen LogP contribution is 2.29. The van der Waals surface area contributed by atoms with Gasteiger partial charge in [-0.1, -0.05) is 28.9 Å². The predicted molar refractivity (Wildman–Crippen MR) is 80.6 cm³/mol. The third kappa shape index (κ3) is 4.74. The molecule has 0 amide bonds. The van der Waals surface area contributed by atoms with Crippen LogP contribution >= 0.6 is 11.6 Å². The Morgan fingerprint density at radius 3 is 2.95 bits per heavy atom. The molecule has 0 atom stereocenters. The summed E-state index contributed by atoms with van der Waals surface area (Å²) in [6.45, 7) is 4.26. The molecular weight excluding hydrogens is 292 g/mol. The summed E-state index contributed by atoms with van der Waals surface area (Å²) in [5.74, 6) is 1.43. The second-order valence-corrected chi connectivity index (χ2v) is 5.02. The molecule has 21 heavy (non-hydrogen) atoms. The van der Waals surface area contributed by atoms with Gasteiger partial charge in [0.15, 0.2) is 0 Å². The number of hydrogen-bond acceptors (Lipinski definition) is 5. The van der Waals surface area contributed by atoms with Crippen LogP contribution in [0.15, 0.2) is 28.8 Å². The molecule has 0 unspecified atom stereocenters. The highest BCUT2D eigenvalue weighted by molar-refractivity contribution is 6.32. The Balaban J connectivity index is 1.99. The lowest BCUT2D eigenvalue weighted by atomic mass is 10.2. The number of methoxy groups -OCH3 is 1. The Morgan fingerprint density at radius 1 is 1.38 bits per heavy atom. The molecule has 5 nitrogen and oxygen atoms in total. The van der Waals surface area contributed by atoms with Gasteiger partial charge in [0.1, 0.15) is 23.8 Å². The van der Waals surface area contributed by atoms with E-state index in [1.165, 1.54) is 0 Å². The van der Waals surface area contributed by atoms with Crippen molar-refractivity contribution in [3.8, 4) is 5.75 Å². The van der Waals surface area contributed by atoms with E-state index in [0.29, 0.717) is 30.5 Å². The van der Waals surface area contributed by atoms with Crippen LogP contribution in [0.3, 0.4) is 0 Å². The summed E-state index contributed by atoms with van der Waals surface area (Å²) in [6, 6.07) is 7.54. The molecule has 1 aromatic carbocycles. The van der Waals surface area contributed by atoms with Crippen LogP contribution in [0.1, 0.15) is 17.0 Å². The van der Waals surface area contributed by atoms with E-state index < -0.39 is 0 Å². The number of rotatable bonds is 8. The van der Waals surface area contributed by atoms with E-state index in [4.69, 9.17) is 25.6 Å². The van der Waals surface area contributed by atoms with Crippen molar-refractivity contribution in [2.75, 3.05) is 20.3 Å². The average molecular weight is 311 g/mol. The molecule has 0 aliphatic heterocycles. The summed E-state index contributed by atoms with van der Waals surface area (Å²) < 4.78 is 15.8. The standard InChI is InChI=1S/C15H19ClN2O3/c1-11-8-13(18-21-11)10-20-15-12(4-3-5-14(15)16)9-17-6-7-19-2/h3-5,8,17H,6-7,9-10H2,1-2H3. The number of para-hydroxylation sites is 1. The van der Waals surface area contributed by atoms with Crippen molar-refractivity contribution >= 4 is 11.6 Å². The highest BCUT2D eigenvalue weighted by Gasteiger charge is 2.10. The van der Waals surface area contributed by atoms with Gasteiger partial charge in [0.25, 0.3) is 0 Å². The molecule has 0 bridgehead atoms. The normalized spacial score (nSPS) is 10.8. The number of hydrogen-bond donors (Lipinski definition) is 1. The number of benzene rings is 1. The van der Waals surface area contributed by atoms with Crippen LogP contribution in [-0.2, 0) is 17.9 Å². The molecule has 2 aromatic rings. The van der Waals surface area contributed by atoms with E-state index in [9.17, 15) is 0 Å². The van der Waals surface area contributed by atoms with Crippen molar-refractivity contribution in [3.05, 3.63) is 46.3 Å². The van der Waals surface area contributed by atoms with Crippen molar-refractivity contribution in [1.29, 1.82) is 0 Å². The SMILES string of the molecule is COCCNCc1cccc(Cl)c1OCc1cc(C)on1. The summed E-state index contributed by atoms with van der Waals surface area (Å²) in [7, 11) is 1.68. The largest absolute Gasteiger partial charge is 0.485 e. The van der Waals surface area contributed by atoms with Crippen molar-refractivity contribution < 1.29 is 14.0 Å². The van der Waals surface area contributed by atoms with E-state index in [1.54, 1.807) is 7.11 Å². The number of ether oxygens (including phenoxy) is 2. The molecule has 1 aromatic heterocycles. The van der Waals surface area contributed by atoms with Crippen LogP contribution in [-0.4, -0.2) is 25.4 Å². The molecule has 114 valence electrons. The lowest BCUT2D eigenvalue weighted by Gasteiger charge is -2.13. The summed E-state index contributed by atoms with van der Waals surface area (Å²) >= 11 is 6.22. The smallest absolute Gasteiger partial charge is 0.142 e. The van der Waals surface area contributed by atoms with Gasteiger partial charge < -0.3 is 19.3 Å². The Kier molecular flexibility index (Phi) is 6.04. The van der Waals surface area contributed by atoms with Gasteiger partial charge in [-0.15, -0.1) is 0 Å². The van der Waals surface area contributed by atoms with Crippen molar-refractivity contribution in [1.82, 2.24) is 10.5 Å². The second kappa shape index (κ2) is 8.02. The number of aryl methyl sites for hydroxylation is 1. The summed E-state index contributed by atoms with van der Waals surface area (Å²) in [5, 5.41) is 7.76. The molecule has 2 rings (SSSR count). The lowest BCUT2D eigenvalue weighted by Crippen LogP contribution is -2.19.